The first-order valence-corrected chi connectivity index (χ1v) is 7.56. The van der Waals surface area contributed by atoms with Crippen LogP contribution in [0.15, 0.2) is 54.6 Å². The lowest BCUT2D eigenvalue weighted by atomic mass is 10.0. The maximum Gasteiger partial charge on any atom is 0.151 e. The van der Waals surface area contributed by atoms with E-state index in [1.807, 2.05) is 42.5 Å². The summed E-state index contributed by atoms with van der Waals surface area (Å²) < 4.78 is 25.2. The normalized spacial score (nSPS) is 19.6. The number of rotatable bonds is 5. The molecule has 116 valence electrons. The second-order valence-electron chi connectivity index (χ2n) is 5.30. The van der Waals surface area contributed by atoms with Crippen molar-refractivity contribution in [1.29, 1.82) is 0 Å². The topological polar surface area (TPSA) is 30.5 Å². The van der Waals surface area contributed by atoms with Gasteiger partial charge in [0.05, 0.1) is 6.61 Å². The molecule has 0 bridgehead atoms. The SMILES string of the molecule is FCc1ccccc1OC(c1ccccc1)[C@@H]1CNCCO1. The van der Waals surface area contributed by atoms with Crippen LogP contribution in [0.4, 0.5) is 4.39 Å². The fourth-order valence-corrected chi connectivity index (χ4v) is 2.65. The van der Waals surface area contributed by atoms with Gasteiger partial charge in [0.15, 0.2) is 6.10 Å². The number of alkyl halides is 1. The summed E-state index contributed by atoms with van der Waals surface area (Å²) in [6.45, 7) is 1.68. The van der Waals surface area contributed by atoms with Gasteiger partial charge in [-0.2, -0.15) is 0 Å². The summed E-state index contributed by atoms with van der Waals surface area (Å²) >= 11 is 0. The van der Waals surface area contributed by atoms with E-state index in [0.29, 0.717) is 17.9 Å². The molecule has 2 atom stereocenters. The Morgan fingerprint density at radius 1 is 1.14 bits per heavy atom. The number of morpholine rings is 1. The summed E-state index contributed by atoms with van der Waals surface area (Å²) in [5, 5.41) is 3.32. The van der Waals surface area contributed by atoms with Crippen LogP contribution >= 0.6 is 0 Å². The molecule has 0 saturated carbocycles. The van der Waals surface area contributed by atoms with E-state index in [4.69, 9.17) is 9.47 Å². The second-order valence-corrected chi connectivity index (χ2v) is 5.30. The molecule has 1 N–H and O–H groups in total. The van der Waals surface area contributed by atoms with E-state index in [1.54, 1.807) is 12.1 Å². The standard InChI is InChI=1S/C18H20FNO2/c19-12-15-8-4-5-9-16(15)22-18(14-6-2-1-3-7-14)17-13-20-10-11-21-17/h1-9,17-18,20H,10-13H2/t17-,18?/m0/s1. The van der Waals surface area contributed by atoms with Crippen LogP contribution in [0, 0.1) is 0 Å². The number of ether oxygens (including phenoxy) is 2. The van der Waals surface area contributed by atoms with Crippen molar-refractivity contribution in [2.24, 2.45) is 0 Å². The van der Waals surface area contributed by atoms with Gasteiger partial charge >= 0.3 is 0 Å². The van der Waals surface area contributed by atoms with E-state index in [2.05, 4.69) is 5.32 Å². The summed E-state index contributed by atoms with van der Waals surface area (Å²) in [6, 6.07) is 17.2. The van der Waals surface area contributed by atoms with Crippen molar-refractivity contribution in [3.05, 3.63) is 65.7 Å². The molecule has 3 rings (SSSR count). The molecule has 0 aliphatic carbocycles. The minimum absolute atomic E-state index is 0.0937. The van der Waals surface area contributed by atoms with Crippen LogP contribution in [0.1, 0.15) is 17.2 Å². The first kappa shape index (κ1) is 15.0. The minimum Gasteiger partial charge on any atom is -0.483 e. The Balaban J connectivity index is 1.88. The van der Waals surface area contributed by atoms with Crippen molar-refractivity contribution in [2.75, 3.05) is 19.7 Å². The zero-order valence-electron chi connectivity index (χ0n) is 12.4. The Bertz CT molecular complexity index is 585. The number of hydrogen-bond donors (Lipinski definition) is 1. The Morgan fingerprint density at radius 2 is 1.91 bits per heavy atom. The fraction of sp³-hybridized carbons (Fsp3) is 0.333. The molecule has 1 unspecified atom stereocenters. The summed E-state index contributed by atoms with van der Waals surface area (Å²) in [5.41, 5.74) is 1.59. The number of halogens is 1. The fourth-order valence-electron chi connectivity index (χ4n) is 2.65. The Morgan fingerprint density at radius 3 is 2.64 bits per heavy atom. The Hall–Kier alpha value is -1.91. The smallest absolute Gasteiger partial charge is 0.151 e. The van der Waals surface area contributed by atoms with Crippen LogP contribution in [0.25, 0.3) is 0 Å². The molecule has 0 aromatic heterocycles. The molecule has 1 fully saturated rings. The highest BCUT2D eigenvalue weighted by Crippen LogP contribution is 2.29. The van der Waals surface area contributed by atoms with Crippen molar-refractivity contribution < 1.29 is 13.9 Å². The van der Waals surface area contributed by atoms with Gasteiger partial charge in [0.2, 0.25) is 0 Å². The van der Waals surface area contributed by atoms with Crippen molar-refractivity contribution in [1.82, 2.24) is 5.32 Å². The number of hydrogen-bond acceptors (Lipinski definition) is 3. The minimum atomic E-state index is -0.540. The predicted octanol–water partition coefficient (Wildman–Crippen LogP) is 3.26. The van der Waals surface area contributed by atoms with Gasteiger partial charge in [-0.1, -0.05) is 48.5 Å². The zero-order valence-corrected chi connectivity index (χ0v) is 12.4. The van der Waals surface area contributed by atoms with Gasteiger partial charge in [0.1, 0.15) is 18.5 Å². The van der Waals surface area contributed by atoms with Crippen molar-refractivity contribution in [2.45, 2.75) is 18.9 Å². The average molecular weight is 301 g/mol. The van der Waals surface area contributed by atoms with Gasteiger partial charge in [0.25, 0.3) is 0 Å². The first-order valence-electron chi connectivity index (χ1n) is 7.56. The summed E-state index contributed by atoms with van der Waals surface area (Å²) in [6.07, 6.45) is -0.356. The molecule has 0 radical (unpaired) electrons. The summed E-state index contributed by atoms with van der Waals surface area (Å²) in [4.78, 5) is 0. The molecule has 22 heavy (non-hydrogen) atoms. The third kappa shape index (κ3) is 3.46. The first-order chi connectivity index (χ1) is 10.9. The monoisotopic (exact) mass is 301 g/mol. The lowest BCUT2D eigenvalue weighted by Crippen LogP contribution is -2.43. The molecule has 1 aliphatic rings. The molecule has 2 aromatic rings. The van der Waals surface area contributed by atoms with E-state index in [0.717, 1.165) is 18.7 Å². The van der Waals surface area contributed by atoms with Crippen molar-refractivity contribution >= 4 is 0 Å². The highest BCUT2D eigenvalue weighted by atomic mass is 19.1. The van der Waals surface area contributed by atoms with E-state index in [9.17, 15) is 4.39 Å². The molecular formula is C18H20FNO2. The van der Waals surface area contributed by atoms with E-state index in [-0.39, 0.29) is 12.2 Å². The lowest BCUT2D eigenvalue weighted by Gasteiger charge is -2.32. The van der Waals surface area contributed by atoms with E-state index < -0.39 is 6.67 Å². The largest absolute Gasteiger partial charge is 0.483 e. The van der Waals surface area contributed by atoms with Crippen LogP contribution in [0.2, 0.25) is 0 Å². The van der Waals surface area contributed by atoms with Crippen LogP contribution in [0.5, 0.6) is 5.75 Å². The molecule has 0 amide bonds. The average Bonchev–Trinajstić information content (AvgIpc) is 2.61. The lowest BCUT2D eigenvalue weighted by molar-refractivity contribution is -0.0436. The van der Waals surface area contributed by atoms with Gasteiger partial charge in [-0.15, -0.1) is 0 Å². The van der Waals surface area contributed by atoms with Crippen molar-refractivity contribution in [3.8, 4) is 5.75 Å². The van der Waals surface area contributed by atoms with Crippen LogP contribution < -0.4 is 10.1 Å². The Labute approximate surface area is 130 Å². The van der Waals surface area contributed by atoms with Gasteiger partial charge in [0, 0.05) is 18.7 Å². The molecular weight excluding hydrogens is 281 g/mol. The van der Waals surface area contributed by atoms with Gasteiger partial charge in [-0.25, -0.2) is 4.39 Å². The molecule has 2 aromatic carbocycles. The van der Waals surface area contributed by atoms with Gasteiger partial charge < -0.3 is 14.8 Å². The number of nitrogens with one attached hydrogen (secondary N) is 1. The zero-order chi connectivity index (χ0) is 15.2. The van der Waals surface area contributed by atoms with Crippen molar-refractivity contribution in [3.63, 3.8) is 0 Å². The molecule has 1 aliphatic heterocycles. The summed E-state index contributed by atoms with van der Waals surface area (Å²) in [5.74, 6) is 0.577. The third-order valence-electron chi connectivity index (χ3n) is 3.79. The third-order valence-corrected chi connectivity index (χ3v) is 3.79. The molecule has 1 saturated heterocycles. The maximum absolute atomic E-state index is 13.2. The molecule has 3 nitrogen and oxygen atoms in total. The number of benzene rings is 2. The highest BCUT2D eigenvalue weighted by Gasteiger charge is 2.28. The molecule has 0 spiro atoms. The quantitative estimate of drug-likeness (QED) is 0.919. The Kier molecular flexibility index (Phi) is 5.03. The second kappa shape index (κ2) is 7.38. The number of para-hydroxylation sites is 1. The van der Waals surface area contributed by atoms with Crippen LogP contribution in [0.3, 0.4) is 0 Å². The maximum atomic E-state index is 13.2. The van der Waals surface area contributed by atoms with Crippen LogP contribution in [-0.2, 0) is 11.4 Å². The molecule has 4 heteroatoms. The summed E-state index contributed by atoms with van der Waals surface area (Å²) in [7, 11) is 0. The van der Waals surface area contributed by atoms with Crippen LogP contribution in [-0.4, -0.2) is 25.8 Å². The highest BCUT2D eigenvalue weighted by molar-refractivity contribution is 5.34. The molecule has 1 heterocycles. The predicted molar refractivity (Wildman–Crippen MR) is 83.7 cm³/mol. The van der Waals surface area contributed by atoms with Gasteiger partial charge in [-0.3, -0.25) is 0 Å². The van der Waals surface area contributed by atoms with Gasteiger partial charge in [-0.05, 0) is 11.6 Å². The van der Waals surface area contributed by atoms with E-state index >= 15 is 0 Å². The van der Waals surface area contributed by atoms with E-state index in [1.165, 1.54) is 0 Å².